The molecular formula is C30H35FN2O3. The Balaban J connectivity index is 1.92. The fraction of sp³-hybridized carbons (Fsp3) is 0.333. The summed E-state index contributed by atoms with van der Waals surface area (Å²) in [4.78, 5) is 28.4. The first kappa shape index (κ1) is 26.9. The van der Waals surface area contributed by atoms with Crippen LogP contribution in [-0.4, -0.2) is 35.9 Å². The smallest absolute Gasteiger partial charge is 0.261 e. The van der Waals surface area contributed by atoms with Gasteiger partial charge in [0, 0.05) is 25.1 Å². The summed E-state index contributed by atoms with van der Waals surface area (Å²) >= 11 is 0. The average molecular weight is 491 g/mol. The highest BCUT2D eigenvalue weighted by atomic mass is 19.1. The van der Waals surface area contributed by atoms with E-state index in [1.165, 1.54) is 11.0 Å². The minimum absolute atomic E-state index is 0.0473. The van der Waals surface area contributed by atoms with Crippen LogP contribution in [0.5, 0.6) is 5.75 Å². The first-order chi connectivity index (χ1) is 17.2. The summed E-state index contributed by atoms with van der Waals surface area (Å²) < 4.78 is 20.5. The molecule has 2 amide bonds. The predicted molar refractivity (Wildman–Crippen MR) is 140 cm³/mol. The van der Waals surface area contributed by atoms with Gasteiger partial charge in [-0.05, 0) is 54.7 Å². The lowest BCUT2D eigenvalue weighted by atomic mass is 10.0. The molecule has 6 heteroatoms. The topological polar surface area (TPSA) is 58.6 Å². The number of nitrogens with zero attached hydrogens (tertiary/aromatic N) is 1. The van der Waals surface area contributed by atoms with Crippen molar-refractivity contribution in [2.45, 2.75) is 46.7 Å². The molecule has 36 heavy (non-hydrogen) atoms. The molecule has 0 aliphatic heterocycles. The van der Waals surface area contributed by atoms with Gasteiger partial charge in [-0.3, -0.25) is 9.59 Å². The van der Waals surface area contributed by atoms with Crippen LogP contribution in [-0.2, 0) is 22.6 Å². The Kier molecular flexibility index (Phi) is 9.62. The molecule has 0 heterocycles. The summed E-state index contributed by atoms with van der Waals surface area (Å²) in [5.41, 5.74) is 3.29. The molecule has 1 N–H and O–H groups in total. The molecule has 1 unspecified atom stereocenters. The van der Waals surface area contributed by atoms with E-state index in [1.54, 1.807) is 18.2 Å². The van der Waals surface area contributed by atoms with E-state index < -0.39 is 17.8 Å². The molecule has 0 aliphatic rings. The van der Waals surface area contributed by atoms with Crippen molar-refractivity contribution in [2.75, 3.05) is 13.2 Å². The highest BCUT2D eigenvalue weighted by molar-refractivity contribution is 5.88. The molecule has 0 radical (unpaired) electrons. The molecule has 1 atom stereocenters. The van der Waals surface area contributed by atoms with Gasteiger partial charge in [-0.25, -0.2) is 4.39 Å². The number of aryl methyl sites for hydroxylation is 2. The Bertz CT molecular complexity index is 1140. The third-order valence-electron chi connectivity index (χ3n) is 5.81. The second-order valence-electron chi connectivity index (χ2n) is 9.57. The molecule has 0 bridgehead atoms. The fourth-order valence-electron chi connectivity index (χ4n) is 4.03. The van der Waals surface area contributed by atoms with E-state index in [0.29, 0.717) is 24.3 Å². The van der Waals surface area contributed by atoms with Crippen LogP contribution in [0.15, 0.2) is 72.8 Å². The van der Waals surface area contributed by atoms with Crippen LogP contribution >= 0.6 is 0 Å². The van der Waals surface area contributed by atoms with Crippen molar-refractivity contribution in [2.24, 2.45) is 5.92 Å². The van der Waals surface area contributed by atoms with Gasteiger partial charge in [0.15, 0.2) is 6.61 Å². The molecule has 190 valence electrons. The van der Waals surface area contributed by atoms with Gasteiger partial charge in [-0.1, -0.05) is 68.4 Å². The summed E-state index contributed by atoms with van der Waals surface area (Å²) in [6.45, 7) is 8.10. The SMILES string of the molecule is Cc1cc(C)cc(OCC(=O)N(Cc2ccccc2F)C(Cc2ccccc2)C(=O)NCC(C)C)c1. The predicted octanol–water partition coefficient (Wildman–Crippen LogP) is 5.23. The number of halogens is 1. The van der Waals surface area contributed by atoms with Crippen LogP contribution in [0.4, 0.5) is 4.39 Å². The molecule has 0 aliphatic carbocycles. The Labute approximate surface area is 213 Å². The molecule has 3 aromatic rings. The number of nitrogens with one attached hydrogen (secondary N) is 1. The zero-order valence-corrected chi connectivity index (χ0v) is 21.5. The lowest BCUT2D eigenvalue weighted by Gasteiger charge is -2.31. The lowest BCUT2D eigenvalue weighted by molar-refractivity contribution is -0.142. The van der Waals surface area contributed by atoms with Crippen LogP contribution in [0.3, 0.4) is 0 Å². The van der Waals surface area contributed by atoms with Gasteiger partial charge in [0.25, 0.3) is 5.91 Å². The lowest BCUT2D eigenvalue weighted by Crippen LogP contribution is -2.52. The van der Waals surface area contributed by atoms with Crippen LogP contribution < -0.4 is 10.1 Å². The van der Waals surface area contributed by atoms with Crippen molar-refractivity contribution >= 4 is 11.8 Å². The maximum absolute atomic E-state index is 14.6. The Morgan fingerprint density at radius 3 is 2.22 bits per heavy atom. The molecule has 0 saturated heterocycles. The number of amides is 2. The van der Waals surface area contributed by atoms with Crippen LogP contribution in [0.2, 0.25) is 0 Å². The Hall–Kier alpha value is -3.67. The molecule has 0 saturated carbocycles. The molecule has 3 aromatic carbocycles. The number of ether oxygens (including phenoxy) is 1. The van der Waals surface area contributed by atoms with Crippen molar-refractivity contribution in [3.63, 3.8) is 0 Å². The monoisotopic (exact) mass is 490 g/mol. The summed E-state index contributed by atoms with van der Waals surface area (Å²) in [5, 5.41) is 2.96. The number of carbonyl (C=O) groups is 2. The van der Waals surface area contributed by atoms with Gasteiger partial charge in [-0.15, -0.1) is 0 Å². The van der Waals surface area contributed by atoms with E-state index in [4.69, 9.17) is 4.74 Å². The van der Waals surface area contributed by atoms with E-state index in [9.17, 15) is 14.0 Å². The molecule has 0 fully saturated rings. The molecule has 5 nitrogen and oxygen atoms in total. The second-order valence-corrected chi connectivity index (χ2v) is 9.57. The molecular weight excluding hydrogens is 455 g/mol. The van der Waals surface area contributed by atoms with Crippen molar-refractivity contribution < 1.29 is 18.7 Å². The summed E-state index contributed by atoms with van der Waals surface area (Å²) in [6, 6.07) is 20.7. The summed E-state index contributed by atoms with van der Waals surface area (Å²) in [6.07, 6.45) is 0.300. The quantitative estimate of drug-likeness (QED) is 0.400. The van der Waals surface area contributed by atoms with Crippen LogP contribution in [0.25, 0.3) is 0 Å². The standard InChI is InChI=1S/C30H35FN2O3/c1-21(2)18-32-30(35)28(17-24-10-6-5-7-11-24)33(19-25-12-8-9-13-27(25)31)29(34)20-36-26-15-22(3)14-23(4)16-26/h5-16,21,28H,17-20H2,1-4H3,(H,32,35). The average Bonchev–Trinajstić information content (AvgIpc) is 2.84. The zero-order chi connectivity index (χ0) is 26.1. The molecule has 0 spiro atoms. The minimum Gasteiger partial charge on any atom is -0.484 e. The van der Waals surface area contributed by atoms with E-state index in [1.807, 2.05) is 76.2 Å². The number of rotatable bonds is 11. The van der Waals surface area contributed by atoms with Gasteiger partial charge in [0.05, 0.1) is 0 Å². The van der Waals surface area contributed by atoms with E-state index in [-0.39, 0.29) is 25.0 Å². The number of benzene rings is 3. The van der Waals surface area contributed by atoms with Crippen molar-refractivity contribution in [1.82, 2.24) is 10.2 Å². The molecule has 0 aromatic heterocycles. The highest BCUT2D eigenvalue weighted by Gasteiger charge is 2.31. The van der Waals surface area contributed by atoms with E-state index >= 15 is 0 Å². The van der Waals surface area contributed by atoms with Gasteiger partial charge >= 0.3 is 0 Å². The Morgan fingerprint density at radius 2 is 1.58 bits per heavy atom. The van der Waals surface area contributed by atoms with Gasteiger partial charge < -0.3 is 15.0 Å². The summed E-state index contributed by atoms with van der Waals surface area (Å²) in [7, 11) is 0. The number of hydrogen-bond acceptors (Lipinski definition) is 3. The minimum atomic E-state index is -0.832. The normalized spacial score (nSPS) is 11.7. The maximum atomic E-state index is 14.6. The van der Waals surface area contributed by atoms with Crippen LogP contribution in [0.1, 0.15) is 36.1 Å². The van der Waals surface area contributed by atoms with Gasteiger partial charge in [0.2, 0.25) is 5.91 Å². The van der Waals surface area contributed by atoms with E-state index in [2.05, 4.69) is 5.32 Å². The fourth-order valence-corrected chi connectivity index (χ4v) is 4.03. The van der Waals surface area contributed by atoms with E-state index in [0.717, 1.165) is 16.7 Å². The molecule has 3 rings (SSSR count). The van der Waals surface area contributed by atoms with Gasteiger partial charge in [-0.2, -0.15) is 0 Å². The third-order valence-corrected chi connectivity index (χ3v) is 5.81. The first-order valence-corrected chi connectivity index (χ1v) is 12.3. The number of carbonyl (C=O) groups excluding carboxylic acids is 2. The highest BCUT2D eigenvalue weighted by Crippen LogP contribution is 2.19. The largest absolute Gasteiger partial charge is 0.484 e. The Morgan fingerprint density at radius 1 is 0.944 bits per heavy atom. The van der Waals surface area contributed by atoms with Gasteiger partial charge in [0.1, 0.15) is 17.6 Å². The van der Waals surface area contributed by atoms with Crippen molar-refractivity contribution in [3.8, 4) is 5.75 Å². The summed E-state index contributed by atoms with van der Waals surface area (Å²) in [5.74, 6) is -0.265. The van der Waals surface area contributed by atoms with Crippen molar-refractivity contribution in [3.05, 3.63) is 101 Å². The maximum Gasteiger partial charge on any atom is 0.261 e. The number of hydrogen-bond donors (Lipinski definition) is 1. The zero-order valence-electron chi connectivity index (χ0n) is 21.5. The third kappa shape index (κ3) is 7.94. The second kappa shape index (κ2) is 12.9. The van der Waals surface area contributed by atoms with Crippen LogP contribution in [0, 0.1) is 25.6 Å². The van der Waals surface area contributed by atoms with Crippen molar-refractivity contribution in [1.29, 1.82) is 0 Å². The first-order valence-electron chi connectivity index (χ1n) is 12.3.